The number of hydrogen-bond donors (Lipinski definition) is 0. The third-order valence-electron chi connectivity index (χ3n) is 2.29. The molecule has 0 aliphatic heterocycles. The van der Waals surface area contributed by atoms with Gasteiger partial charge in [-0.3, -0.25) is 0 Å². The van der Waals surface area contributed by atoms with Crippen LogP contribution in [0, 0.1) is 5.82 Å². The fourth-order valence-corrected chi connectivity index (χ4v) is 0.637. The summed E-state index contributed by atoms with van der Waals surface area (Å²) in [6.07, 6.45) is 7.92. The molecule has 0 aliphatic rings. The van der Waals surface area contributed by atoms with Crippen LogP contribution in [-0.2, 0) is 0 Å². The Morgan fingerprint density at radius 2 is 1.10 bits per heavy atom. The number of hydrogen-bond acceptors (Lipinski definition) is 0. The average molecular weight is 424 g/mol. The Balaban J connectivity index is -0.0000000973. The van der Waals surface area contributed by atoms with Crippen molar-refractivity contribution in [2.75, 3.05) is 0 Å². The van der Waals surface area contributed by atoms with Crippen LogP contribution in [0.4, 0.5) is 4.39 Å². The molecule has 0 heterocycles. The van der Waals surface area contributed by atoms with Crippen molar-refractivity contribution in [1.82, 2.24) is 0 Å². The van der Waals surface area contributed by atoms with Crippen LogP contribution in [0.5, 0.6) is 0 Å². The summed E-state index contributed by atoms with van der Waals surface area (Å²) in [4.78, 5) is 0. The standard InChI is InChI=1S/C6H4ClF.3C4H10.Sn/c7-5-2-1-3-6(8)4-5;3*1-3-4-2;/h1-4H;3*3-4H2,1-2H3;. The minimum Gasteiger partial charge on any atom is -0.207 e. The Labute approximate surface area is 154 Å². The molecule has 1 aromatic rings. The summed E-state index contributed by atoms with van der Waals surface area (Å²) in [7, 11) is 0. The van der Waals surface area contributed by atoms with Crippen molar-refractivity contribution in [3.05, 3.63) is 35.1 Å². The van der Waals surface area contributed by atoms with Crippen molar-refractivity contribution >= 4 is 35.5 Å². The van der Waals surface area contributed by atoms with E-state index in [1.807, 2.05) is 0 Å². The first-order valence-corrected chi connectivity index (χ1v) is 8.32. The molecule has 0 unspecified atom stereocenters. The second-order valence-corrected chi connectivity index (χ2v) is 4.88. The molecule has 0 spiro atoms. The predicted octanol–water partition coefficient (Wildman–Crippen LogP) is 7.52. The smallest absolute Gasteiger partial charge is 0.124 e. The molecule has 0 aromatic heterocycles. The number of halogens is 2. The van der Waals surface area contributed by atoms with E-state index >= 15 is 0 Å². The Hall–Kier alpha value is 0.239. The second-order valence-electron chi connectivity index (χ2n) is 4.44. The molecule has 3 heteroatoms. The van der Waals surface area contributed by atoms with Gasteiger partial charge in [0.2, 0.25) is 0 Å². The van der Waals surface area contributed by atoms with Gasteiger partial charge in [0, 0.05) is 28.9 Å². The molecular weight excluding hydrogens is 389 g/mol. The van der Waals surface area contributed by atoms with Crippen LogP contribution in [0.25, 0.3) is 0 Å². The zero-order valence-corrected chi connectivity index (χ0v) is 18.4. The molecule has 0 fully saturated rings. The molecule has 0 aliphatic carbocycles. The zero-order chi connectivity index (χ0) is 16.2. The third kappa shape index (κ3) is 38.4. The third-order valence-corrected chi connectivity index (χ3v) is 2.52. The van der Waals surface area contributed by atoms with Crippen LogP contribution < -0.4 is 0 Å². The summed E-state index contributed by atoms with van der Waals surface area (Å²) in [5.41, 5.74) is 0. The van der Waals surface area contributed by atoms with E-state index in [0.717, 1.165) is 0 Å². The summed E-state index contributed by atoms with van der Waals surface area (Å²) in [5, 5.41) is 0.435. The first-order chi connectivity index (χ1) is 9.53. The predicted molar refractivity (Wildman–Crippen MR) is 98.9 cm³/mol. The van der Waals surface area contributed by atoms with Crippen LogP contribution in [0.1, 0.15) is 80.1 Å². The molecule has 0 saturated carbocycles. The van der Waals surface area contributed by atoms with Gasteiger partial charge in [-0.1, -0.05) is 97.7 Å². The molecule has 21 heavy (non-hydrogen) atoms. The molecular formula is C18H34ClFSn. The van der Waals surface area contributed by atoms with Crippen LogP contribution >= 0.6 is 11.6 Å². The molecule has 0 nitrogen and oxygen atoms in total. The van der Waals surface area contributed by atoms with Gasteiger partial charge in [-0.2, -0.15) is 0 Å². The Morgan fingerprint density at radius 3 is 1.24 bits per heavy atom. The molecule has 0 N–H and O–H groups in total. The SMILES string of the molecule is CCCC.CCCC.CCCC.Fc1cccc(Cl)c1.[Sn]. The van der Waals surface area contributed by atoms with Gasteiger partial charge in [-0.05, 0) is 18.2 Å². The van der Waals surface area contributed by atoms with Gasteiger partial charge in [0.1, 0.15) is 5.82 Å². The first-order valence-electron chi connectivity index (χ1n) is 7.94. The van der Waals surface area contributed by atoms with Crippen LogP contribution in [0.3, 0.4) is 0 Å². The minimum atomic E-state index is -0.294. The van der Waals surface area contributed by atoms with E-state index in [1.54, 1.807) is 12.1 Å². The fraction of sp³-hybridized carbons (Fsp3) is 0.667. The topological polar surface area (TPSA) is 0 Å². The normalized spacial score (nSPS) is 7.81. The molecule has 0 bridgehead atoms. The average Bonchev–Trinajstić information content (AvgIpc) is 2.47. The van der Waals surface area contributed by atoms with E-state index in [1.165, 1.54) is 50.7 Å². The summed E-state index contributed by atoms with van der Waals surface area (Å²) in [6, 6.07) is 5.82. The first kappa shape index (κ1) is 29.3. The number of unbranched alkanes of at least 4 members (excludes halogenated alkanes) is 3. The molecule has 0 amide bonds. The zero-order valence-electron chi connectivity index (χ0n) is 14.8. The van der Waals surface area contributed by atoms with Crippen LogP contribution in [0.2, 0.25) is 5.02 Å². The van der Waals surface area contributed by atoms with Crippen molar-refractivity contribution in [1.29, 1.82) is 0 Å². The molecule has 4 radical (unpaired) electrons. The molecule has 0 saturated heterocycles. The molecule has 0 atom stereocenters. The van der Waals surface area contributed by atoms with E-state index in [2.05, 4.69) is 41.5 Å². The van der Waals surface area contributed by atoms with Crippen molar-refractivity contribution < 1.29 is 4.39 Å². The Bertz CT molecular complexity index is 234. The largest absolute Gasteiger partial charge is 0.207 e. The van der Waals surface area contributed by atoms with Crippen molar-refractivity contribution in [2.24, 2.45) is 0 Å². The second kappa shape index (κ2) is 28.4. The maximum Gasteiger partial charge on any atom is 0.124 e. The van der Waals surface area contributed by atoms with Gasteiger partial charge < -0.3 is 0 Å². The molecule has 1 aromatic carbocycles. The summed E-state index contributed by atoms with van der Waals surface area (Å²) in [6.45, 7) is 13.1. The van der Waals surface area contributed by atoms with E-state index in [-0.39, 0.29) is 29.7 Å². The quantitative estimate of drug-likeness (QED) is 0.441. The fourth-order valence-electron chi connectivity index (χ4n) is 0.460. The minimum absolute atomic E-state index is 0. The van der Waals surface area contributed by atoms with Gasteiger partial charge in [0.05, 0.1) is 0 Å². The van der Waals surface area contributed by atoms with E-state index in [4.69, 9.17) is 11.6 Å². The number of benzene rings is 1. The van der Waals surface area contributed by atoms with Gasteiger partial charge in [-0.25, -0.2) is 4.39 Å². The number of rotatable bonds is 3. The maximum atomic E-state index is 12.1. The van der Waals surface area contributed by atoms with E-state index in [0.29, 0.717) is 5.02 Å². The van der Waals surface area contributed by atoms with Crippen LogP contribution in [0.15, 0.2) is 24.3 Å². The Morgan fingerprint density at radius 1 is 0.762 bits per heavy atom. The van der Waals surface area contributed by atoms with Crippen LogP contribution in [-0.4, -0.2) is 23.9 Å². The van der Waals surface area contributed by atoms with Gasteiger partial charge in [0.25, 0.3) is 0 Å². The van der Waals surface area contributed by atoms with E-state index in [9.17, 15) is 4.39 Å². The maximum absolute atomic E-state index is 12.1. The van der Waals surface area contributed by atoms with Crippen molar-refractivity contribution in [2.45, 2.75) is 80.1 Å². The van der Waals surface area contributed by atoms with Gasteiger partial charge in [-0.15, -0.1) is 0 Å². The van der Waals surface area contributed by atoms with E-state index < -0.39 is 0 Å². The van der Waals surface area contributed by atoms with Crippen molar-refractivity contribution in [3.8, 4) is 0 Å². The summed E-state index contributed by atoms with van der Waals surface area (Å²) < 4.78 is 12.1. The van der Waals surface area contributed by atoms with Crippen molar-refractivity contribution in [3.63, 3.8) is 0 Å². The van der Waals surface area contributed by atoms with Gasteiger partial charge >= 0.3 is 0 Å². The van der Waals surface area contributed by atoms with Gasteiger partial charge in [0.15, 0.2) is 0 Å². The summed E-state index contributed by atoms with van der Waals surface area (Å²) >= 11 is 5.40. The Kier molecular flexibility index (Phi) is 39.6. The molecule has 1 rings (SSSR count). The molecule has 124 valence electrons. The summed E-state index contributed by atoms with van der Waals surface area (Å²) in [5.74, 6) is -0.294. The monoisotopic (exact) mass is 424 g/mol.